The molecule has 0 saturated heterocycles. The summed E-state index contributed by atoms with van der Waals surface area (Å²) in [5.74, 6) is -1.36. The molecule has 0 aliphatic rings. The van der Waals surface area contributed by atoms with Crippen LogP contribution >= 0.6 is 11.6 Å². The number of carbonyl (C=O) groups excluding carboxylic acids is 2. The molecule has 0 fully saturated rings. The minimum absolute atomic E-state index is 0.00664. The van der Waals surface area contributed by atoms with E-state index in [1.54, 1.807) is 42.5 Å². The van der Waals surface area contributed by atoms with E-state index in [1.807, 2.05) is 0 Å². The highest BCUT2D eigenvalue weighted by atomic mass is 35.5. The van der Waals surface area contributed by atoms with Gasteiger partial charge in [-0.2, -0.15) is 0 Å². The maximum Gasteiger partial charge on any atom is 0.337 e. The summed E-state index contributed by atoms with van der Waals surface area (Å²) in [6, 6.07) is 13.8. The Morgan fingerprint density at radius 3 is 2.29 bits per heavy atom. The highest BCUT2D eigenvalue weighted by molar-refractivity contribution is 6.31. The number of nitrogens with one attached hydrogen (secondary N) is 2. The van der Waals surface area contributed by atoms with E-state index in [2.05, 4.69) is 20.4 Å². The van der Waals surface area contributed by atoms with Crippen LogP contribution in [0.1, 0.15) is 20.8 Å². The van der Waals surface area contributed by atoms with Gasteiger partial charge in [-0.05, 0) is 54.6 Å². The maximum atomic E-state index is 13.2. The summed E-state index contributed by atoms with van der Waals surface area (Å²) in [6.07, 6.45) is 1.48. The number of pyridine rings is 1. The fraction of sp³-hybridized carbons (Fsp3) is 0.0500. The normalized spacial score (nSPS) is 10.2. The molecule has 6 nitrogen and oxygen atoms in total. The van der Waals surface area contributed by atoms with Gasteiger partial charge < -0.3 is 15.4 Å². The van der Waals surface area contributed by atoms with E-state index in [4.69, 9.17) is 11.6 Å². The summed E-state index contributed by atoms with van der Waals surface area (Å²) in [5, 5.41) is 5.72. The molecular formula is C20H15ClFN3O3. The summed E-state index contributed by atoms with van der Waals surface area (Å²) < 4.78 is 17.8. The highest BCUT2D eigenvalue weighted by Gasteiger charge is 2.10. The fourth-order valence-electron chi connectivity index (χ4n) is 2.35. The number of ether oxygens (including phenoxy) is 1. The molecule has 0 spiro atoms. The van der Waals surface area contributed by atoms with Crippen molar-refractivity contribution < 1.29 is 18.7 Å². The number of amides is 1. The molecular weight excluding hydrogens is 385 g/mol. The van der Waals surface area contributed by atoms with Crippen LogP contribution in [0.5, 0.6) is 0 Å². The van der Waals surface area contributed by atoms with Crippen molar-refractivity contribution in [2.45, 2.75) is 0 Å². The number of hydrogen-bond acceptors (Lipinski definition) is 5. The first kappa shape index (κ1) is 19.3. The van der Waals surface area contributed by atoms with Gasteiger partial charge in [0.25, 0.3) is 5.91 Å². The molecule has 1 aromatic heterocycles. The molecule has 0 radical (unpaired) electrons. The number of anilines is 3. The average Bonchev–Trinajstić information content (AvgIpc) is 2.71. The quantitative estimate of drug-likeness (QED) is 0.610. The van der Waals surface area contributed by atoms with Crippen LogP contribution in [0.4, 0.5) is 21.5 Å². The Bertz CT molecular complexity index is 1010. The van der Waals surface area contributed by atoms with Gasteiger partial charge in [-0.25, -0.2) is 14.2 Å². The molecule has 3 rings (SSSR count). The molecule has 1 amide bonds. The Morgan fingerprint density at radius 1 is 1.00 bits per heavy atom. The van der Waals surface area contributed by atoms with Crippen molar-refractivity contribution in [3.63, 3.8) is 0 Å². The van der Waals surface area contributed by atoms with Crippen molar-refractivity contribution >= 4 is 40.5 Å². The molecule has 8 heteroatoms. The second kappa shape index (κ2) is 8.49. The first-order chi connectivity index (χ1) is 13.5. The molecule has 28 heavy (non-hydrogen) atoms. The monoisotopic (exact) mass is 399 g/mol. The Morgan fingerprint density at radius 2 is 1.68 bits per heavy atom. The van der Waals surface area contributed by atoms with Gasteiger partial charge in [0.15, 0.2) is 0 Å². The number of benzene rings is 2. The molecule has 142 valence electrons. The minimum atomic E-state index is -0.503. The third kappa shape index (κ3) is 4.63. The SMILES string of the molecule is COC(=O)c1ccc(NC(=O)c2ccc(Nc3ccc(F)c(Cl)c3)cn2)cc1. The van der Waals surface area contributed by atoms with E-state index >= 15 is 0 Å². The molecule has 0 bridgehead atoms. The van der Waals surface area contributed by atoms with Crippen LogP contribution in [0.25, 0.3) is 0 Å². The Balaban J connectivity index is 1.64. The first-order valence-electron chi connectivity index (χ1n) is 8.14. The van der Waals surface area contributed by atoms with Gasteiger partial charge in [0.1, 0.15) is 11.5 Å². The van der Waals surface area contributed by atoms with Crippen molar-refractivity contribution in [3.05, 3.63) is 82.9 Å². The number of esters is 1. The highest BCUT2D eigenvalue weighted by Crippen LogP contribution is 2.22. The summed E-state index contributed by atoms with van der Waals surface area (Å²) in [4.78, 5) is 27.8. The van der Waals surface area contributed by atoms with Gasteiger partial charge in [-0.15, -0.1) is 0 Å². The topological polar surface area (TPSA) is 80.3 Å². The lowest BCUT2D eigenvalue weighted by Crippen LogP contribution is -2.13. The molecule has 0 unspecified atom stereocenters. The molecule has 0 aliphatic carbocycles. The van der Waals surface area contributed by atoms with Crippen molar-refractivity contribution in [3.8, 4) is 0 Å². The first-order valence-corrected chi connectivity index (χ1v) is 8.52. The van der Waals surface area contributed by atoms with Crippen molar-refractivity contribution in [1.82, 2.24) is 4.98 Å². The van der Waals surface area contributed by atoms with Crippen LogP contribution in [0.15, 0.2) is 60.8 Å². The fourth-order valence-corrected chi connectivity index (χ4v) is 2.53. The van der Waals surface area contributed by atoms with E-state index in [-0.39, 0.29) is 10.7 Å². The van der Waals surface area contributed by atoms with Gasteiger partial charge in [0.2, 0.25) is 0 Å². The average molecular weight is 400 g/mol. The van der Waals surface area contributed by atoms with Crippen molar-refractivity contribution in [1.29, 1.82) is 0 Å². The smallest absolute Gasteiger partial charge is 0.337 e. The molecule has 0 atom stereocenters. The summed E-state index contributed by atoms with van der Waals surface area (Å²) in [5.41, 5.74) is 2.31. The van der Waals surface area contributed by atoms with E-state index in [9.17, 15) is 14.0 Å². The summed E-state index contributed by atoms with van der Waals surface area (Å²) in [6.45, 7) is 0. The zero-order valence-electron chi connectivity index (χ0n) is 14.7. The predicted molar refractivity (Wildman–Crippen MR) is 105 cm³/mol. The summed E-state index contributed by atoms with van der Waals surface area (Å²) in [7, 11) is 1.30. The van der Waals surface area contributed by atoms with Gasteiger partial charge in [-0.1, -0.05) is 11.6 Å². The number of methoxy groups -OCH3 is 1. The molecule has 1 heterocycles. The van der Waals surface area contributed by atoms with Crippen LogP contribution < -0.4 is 10.6 Å². The van der Waals surface area contributed by atoms with Gasteiger partial charge in [0.05, 0.1) is 29.6 Å². The maximum absolute atomic E-state index is 13.2. The predicted octanol–water partition coefficient (Wildman–Crippen LogP) is 4.66. The van der Waals surface area contributed by atoms with Gasteiger partial charge >= 0.3 is 5.97 Å². The number of nitrogens with zero attached hydrogens (tertiary/aromatic N) is 1. The van der Waals surface area contributed by atoms with E-state index in [0.29, 0.717) is 22.6 Å². The Kier molecular flexibility index (Phi) is 5.86. The number of aromatic nitrogens is 1. The zero-order valence-corrected chi connectivity index (χ0v) is 15.5. The van der Waals surface area contributed by atoms with Crippen molar-refractivity contribution in [2.75, 3.05) is 17.7 Å². The Hall–Kier alpha value is -3.45. The standard InChI is InChI=1S/C20H15ClFN3O3/c1-28-20(27)12-2-4-13(5-3-12)25-19(26)18-9-7-15(11-23-18)24-14-6-8-17(22)16(21)10-14/h2-11,24H,1H3,(H,25,26). The number of rotatable bonds is 5. The second-order valence-electron chi connectivity index (χ2n) is 5.71. The van der Waals surface area contributed by atoms with Gasteiger partial charge in [-0.3, -0.25) is 4.79 Å². The lowest BCUT2D eigenvalue weighted by atomic mass is 10.2. The van der Waals surface area contributed by atoms with E-state index < -0.39 is 17.7 Å². The zero-order chi connectivity index (χ0) is 20.1. The number of halogens is 2. The third-order valence-corrected chi connectivity index (χ3v) is 4.06. The molecule has 2 N–H and O–H groups in total. The third-order valence-electron chi connectivity index (χ3n) is 3.77. The summed E-state index contributed by atoms with van der Waals surface area (Å²) >= 11 is 5.75. The largest absolute Gasteiger partial charge is 0.465 e. The second-order valence-corrected chi connectivity index (χ2v) is 6.12. The van der Waals surface area contributed by atoms with E-state index in [0.717, 1.165) is 0 Å². The van der Waals surface area contributed by atoms with E-state index in [1.165, 1.54) is 25.4 Å². The number of hydrogen-bond donors (Lipinski definition) is 2. The number of carbonyl (C=O) groups is 2. The van der Waals surface area contributed by atoms with Crippen molar-refractivity contribution in [2.24, 2.45) is 0 Å². The molecule has 2 aromatic carbocycles. The van der Waals surface area contributed by atoms with Gasteiger partial charge in [0, 0.05) is 11.4 Å². The van der Waals surface area contributed by atoms with Crippen LogP contribution in [0.2, 0.25) is 5.02 Å². The van der Waals surface area contributed by atoms with Crippen LogP contribution in [-0.4, -0.2) is 24.0 Å². The lowest BCUT2D eigenvalue weighted by molar-refractivity contribution is 0.0600. The molecule has 0 saturated carbocycles. The van der Waals surface area contributed by atoms with Crippen LogP contribution in [0, 0.1) is 5.82 Å². The minimum Gasteiger partial charge on any atom is -0.465 e. The lowest BCUT2D eigenvalue weighted by Gasteiger charge is -2.08. The van der Waals surface area contributed by atoms with Crippen LogP contribution in [0.3, 0.4) is 0 Å². The van der Waals surface area contributed by atoms with Crippen LogP contribution in [-0.2, 0) is 4.74 Å². The molecule has 3 aromatic rings. The molecule has 0 aliphatic heterocycles. The Labute approximate surface area is 165 Å².